The molecule has 1 aromatic rings. The van der Waals surface area contributed by atoms with Gasteiger partial charge in [-0.05, 0) is 23.8 Å². The van der Waals surface area contributed by atoms with Crippen LogP contribution < -0.4 is 4.74 Å². The first-order valence-electron chi connectivity index (χ1n) is 6.13. The molecule has 108 valence electrons. The van der Waals surface area contributed by atoms with Crippen LogP contribution in [0.2, 0.25) is 0 Å². The Hall–Kier alpha value is -2.11. The summed E-state index contributed by atoms with van der Waals surface area (Å²) in [5.41, 5.74) is 0.815. The molecule has 0 bridgehead atoms. The van der Waals surface area contributed by atoms with Crippen LogP contribution in [0.15, 0.2) is 43.0 Å². The minimum Gasteiger partial charge on any atom is -0.490 e. The zero-order valence-electron chi connectivity index (χ0n) is 11.1. The average molecular weight is 278 g/mol. The van der Waals surface area contributed by atoms with Crippen molar-refractivity contribution in [3.63, 3.8) is 0 Å². The van der Waals surface area contributed by atoms with Gasteiger partial charge < -0.3 is 19.7 Å². The molecule has 0 amide bonds. The van der Waals surface area contributed by atoms with Crippen LogP contribution in [0, 0.1) is 0 Å². The normalized spacial score (nSPS) is 12.1. The van der Waals surface area contributed by atoms with Crippen LogP contribution in [0.25, 0.3) is 6.08 Å². The second kappa shape index (κ2) is 8.90. The third-order valence-electron chi connectivity index (χ3n) is 2.29. The lowest BCUT2D eigenvalue weighted by Crippen LogP contribution is -2.21. The molecule has 0 aromatic heterocycles. The molecular formula is C15H18O5. The lowest BCUT2D eigenvalue weighted by atomic mass is 10.2. The molecule has 0 aliphatic carbocycles. The van der Waals surface area contributed by atoms with E-state index in [4.69, 9.17) is 19.7 Å². The van der Waals surface area contributed by atoms with Gasteiger partial charge in [0.2, 0.25) is 0 Å². The molecule has 20 heavy (non-hydrogen) atoms. The minimum absolute atomic E-state index is 0.228. The fourth-order valence-electron chi connectivity index (χ4n) is 1.27. The van der Waals surface area contributed by atoms with Gasteiger partial charge in [0.05, 0.1) is 6.61 Å². The molecule has 0 aliphatic rings. The third kappa shape index (κ3) is 6.17. The highest BCUT2D eigenvalue weighted by Crippen LogP contribution is 2.13. The molecule has 0 radical (unpaired) electrons. The molecule has 0 unspecified atom stereocenters. The summed E-state index contributed by atoms with van der Waals surface area (Å²) in [6, 6.07) is 7.16. The predicted molar refractivity (Wildman–Crippen MR) is 75.2 cm³/mol. The van der Waals surface area contributed by atoms with E-state index in [0.717, 1.165) is 11.3 Å². The monoisotopic (exact) mass is 278 g/mol. The summed E-state index contributed by atoms with van der Waals surface area (Å²) in [5.74, 6) is 0.139. The Morgan fingerprint density at radius 2 is 2.05 bits per heavy atom. The highest BCUT2D eigenvalue weighted by atomic mass is 16.5. The number of esters is 1. The number of aliphatic hydroxyl groups is 2. The molecule has 0 fully saturated rings. The zero-order chi connectivity index (χ0) is 14.8. The zero-order valence-corrected chi connectivity index (χ0v) is 11.1. The van der Waals surface area contributed by atoms with Gasteiger partial charge in [0.15, 0.2) is 0 Å². The van der Waals surface area contributed by atoms with Crippen molar-refractivity contribution < 1.29 is 24.5 Å². The van der Waals surface area contributed by atoms with Crippen LogP contribution in [0.4, 0.5) is 0 Å². The van der Waals surface area contributed by atoms with Gasteiger partial charge in [0.1, 0.15) is 25.1 Å². The Kier molecular flexibility index (Phi) is 7.10. The maximum absolute atomic E-state index is 11.3. The van der Waals surface area contributed by atoms with Crippen LogP contribution >= 0.6 is 0 Å². The molecular weight excluding hydrogens is 260 g/mol. The molecule has 5 nitrogen and oxygen atoms in total. The van der Waals surface area contributed by atoms with Crippen molar-refractivity contribution in [3.05, 3.63) is 48.6 Å². The standard InChI is InChI=1S/C15H18O5/c1-2-9-19-14-6-3-12(4-7-14)5-8-15(18)20-11-13(17)10-16/h2-8,13,16-17H,1,9-11H2/b8-5+/t13-/m1/s1. The summed E-state index contributed by atoms with van der Waals surface area (Å²) in [4.78, 5) is 11.3. The van der Waals surface area contributed by atoms with Gasteiger partial charge in [-0.2, -0.15) is 0 Å². The van der Waals surface area contributed by atoms with Crippen molar-refractivity contribution in [2.24, 2.45) is 0 Å². The average Bonchev–Trinajstić information content (AvgIpc) is 2.49. The Labute approximate surface area is 117 Å². The van der Waals surface area contributed by atoms with Gasteiger partial charge in [0, 0.05) is 6.08 Å². The van der Waals surface area contributed by atoms with Crippen LogP contribution in [-0.2, 0) is 9.53 Å². The summed E-state index contributed by atoms with van der Waals surface area (Å²) in [6.45, 7) is 3.33. The van der Waals surface area contributed by atoms with Gasteiger partial charge in [-0.1, -0.05) is 24.8 Å². The van der Waals surface area contributed by atoms with E-state index in [1.165, 1.54) is 6.08 Å². The second-order valence-electron chi connectivity index (χ2n) is 3.97. The lowest BCUT2D eigenvalue weighted by molar-refractivity contribution is -0.141. The van der Waals surface area contributed by atoms with Crippen molar-refractivity contribution in [2.45, 2.75) is 6.10 Å². The highest BCUT2D eigenvalue weighted by Gasteiger charge is 2.04. The number of ether oxygens (including phenoxy) is 2. The third-order valence-corrected chi connectivity index (χ3v) is 2.29. The van der Waals surface area contributed by atoms with Gasteiger partial charge in [-0.3, -0.25) is 0 Å². The number of carbonyl (C=O) groups excluding carboxylic acids is 1. The van der Waals surface area contributed by atoms with Crippen LogP contribution in [0.1, 0.15) is 5.56 Å². The number of carbonyl (C=O) groups is 1. The summed E-state index contributed by atoms with van der Waals surface area (Å²) in [5, 5.41) is 17.6. The van der Waals surface area contributed by atoms with Crippen molar-refractivity contribution >= 4 is 12.0 Å². The molecule has 0 aliphatic heterocycles. The first-order valence-corrected chi connectivity index (χ1v) is 6.13. The van der Waals surface area contributed by atoms with E-state index < -0.39 is 18.7 Å². The fourth-order valence-corrected chi connectivity index (χ4v) is 1.27. The maximum atomic E-state index is 11.3. The molecule has 1 atom stereocenters. The number of aliphatic hydroxyl groups excluding tert-OH is 2. The van der Waals surface area contributed by atoms with E-state index >= 15 is 0 Å². The summed E-state index contributed by atoms with van der Waals surface area (Å²) >= 11 is 0. The van der Waals surface area contributed by atoms with E-state index in [1.807, 2.05) is 0 Å². The molecule has 1 aromatic carbocycles. The van der Waals surface area contributed by atoms with E-state index in [0.29, 0.717) is 6.61 Å². The van der Waals surface area contributed by atoms with Crippen molar-refractivity contribution in [1.29, 1.82) is 0 Å². The summed E-state index contributed by atoms with van der Waals surface area (Å²) in [7, 11) is 0. The first-order chi connectivity index (χ1) is 9.65. The number of hydrogen-bond acceptors (Lipinski definition) is 5. The Bertz CT molecular complexity index is 450. The van der Waals surface area contributed by atoms with E-state index in [1.54, 1.807) is 36.4 Å². The Morgan fingerprint density at radius 3 is 2.65 bits per heavy atom. The molecule has 0 saturated carbocycles. The predicted octanol–water partition coefficient (Wildman–Crippen LogP) is 1.16. The van der Waals surface area contributed by atoms with Crippen LogP contribution in [-0.4, -0.2) is 42.1 Å². The molecule has 1 rings (SSSR count). The van der Waals surface area contributed by atoms with Gasteiger partial charge in [-0.25, -0.2) is 4.79 Å². The van der Waals surface area contributed by atoms with Gasteiger partial charge in [-0.15, -0.1) is 0 Å². The summed E-state index contributed by atoms with van der Waals surface area (Å²) in [6.07, 6.45) is 3.45. The lowest BCUT2D eigenvalue weighted by Gasteiger charge is -2.06. The van der Waals surface area contributed by atoms with Crippen molar-refractivity contribution in [3.8, 4) is 5.75 Å². The summed E-state index contributed by atoms with van der Waals surface area (Å²) < 4.78 is 10.0. The topological polar surface area (TPSA) is 76.0 Å². The molecule has 0 saturated heterocycles. The van der Waals surface area contributed by atoms with Gasteiger partial charge in [0.25, 0.3) is 0 Å². The van der Waals surface area contributed by atoms with Crippen molar-refractivity contribution in [1.82, 2.24) is 0 Å². The molecule has 0 spiro atoms. The molecule has 2 N–H and O–H groups in total. The minimum atomic E-state index is -1.05. The number of hydrogen-bond donors (Lipinski definition) is 2. The quantitative estimate of drug-likeness (QED) is 0.424. The SMILES string of the molecule is C=CCOc1ccc(/C=C/C(=O)OC[C@H](O)CO)cc1. The fraction of sp³-hybridized carbons (Fsp3) is 0.267. The molecule has 0 heterocycles. The second-order valence-corrected chi connectivity index (χ2v) is 3.97. The largest absolute Gasteiger partial charge is 0.490 e. The van der Waals surface area contributed by atoms with E-state index in [-0.39, 0.29) is 6.61 Å². The highest BCUT2D eigenvalue weighted by molar-refractivity contribution is 5.87. The van der Waals surface area contributed by atoms with E-state index in [9.17, 15) is 4.79 Å². The van der Waals surface area contributed by atoms with Crippen LogP contribution in [0.5, 0.6) is 5.75 Å². The number of rotatable bonds is 8. The Balaban J connectivity index is 2.44. The van der Waals surface area contributed by atoms with Gasteiger partial charge >= 0.3 is 5.97 Å². The smallest absolute Gasteiger partial charge is 0.330 e. The maximum Gasteiger partial charge on any atom is 0.330 e. The Morgan fingerprint density at radius 1 is 1.35 bits per heavy atom. The molecule has 5 heteroatoms. The van der Waals surface area contributed by atoms with E-state index in [2.05, 4.69) is 6.58 Å². The van der Waals surface area contributed by atoms with Crippen molar-refractivity contribution in [2.75, 3.05) is 19.8 Å². The van der Waals surface area contributed by atoms with Crippen LogP contribution in [0.3, 0.4) is 0 Å². The first kappa shape index (κ1) is 15.9. The number of benzene rings is 1.